The standard InChI is InChI=1S/C18H25N/c1-3-5-6-7-12-17(10-4-2)19-15-14-16-11-8-9-13-18(16)19/h8-11,13-15H,3-7,12H2,1-2H3/b17-10-. The van der Waals surface area contributed by atoms with Crippen LogP contribution >= 0.6 is 0 Å². The molecule has 0 aliphatic rings. The highest BCUT2D eigenvalue weighted by Gasteiger charge is 2.04. The Morgan fingerprint density at radius 3 is 2.68 bits per heavy atom. The van der Waals surface area contributed by atoms with E-state index in [1.807, 2.05) is 0 Å². The van der Waals surface area contributed by atoms with Gasteiger partial charge in [0.1, 0.15) is 0 Å². The Morgan fingerprint density at radius 2 is 1.89 bits per heavy atom. The van der Waals surface area contributed by atoms with Gasteiger partial charge < -0.3 is 4.57 Å². The highest BCUT2D eigenvalue weighted by Crippen LogP contribution is 2.23. The highest BCUT2D eigenvalue weighted by molar-refractivity contribution is 5.83. The van der Waals surface area contributed by atoms with Crippen LogP contribution in [0.25, 0.3) is 16.6 Å². The molecule has 1 aromatic heterocycles. The van der Waals surface area contributed by atoms with Crippen molar-refractivity contribution in [1.82, 2.24) is 4.57 Å². The third-order valence-corrected chi connectivity index (χ3v) is 3.64. The maximum absolute atomic E-state index is 2.37. The lowest BCUT2D eigenvalue weighted by Gasteiger charge is -2.11. The quantitative estimate of drug-likeness (QED) is 0.546. The van der Waals surface area contributed by atoms with Crippen LogP contribution in [0, 0.1) is 0 Å². The Kier molecular flexibility index (Phi) is 5.26. The molecule has 1 heteroatoms. The minimum absolute atomic E-state index is 1.11. The van der Waals surface area contributed by atoms with E-state index in [0.29, 0.717) is 0 Å². The molecule has 0 amide bonds. The van der Waals surface area contributed by atoms with Gasteiger partial charge in [0.05, 0.1) is 5.52 Å². The fraction of sp³-hybridized carbons (Fsp3) is 0.444. The Labute approximate surface area is 116 Å². The Morgan fingerprint density at radius 1 is 1.05 bits per heavy atom. The van der Waals surface area contributed by atoms with E-state index in [2.05, 4.69) is 61.0 Å². The number of hydrogen-bond donors (Lipinski definition) is 0. The maximum atomic E-state index is 2.37. The molecule has 0 fully saturated rings. The van der Waals surface area contributed by atoms with Gasteiger partial charge in [0.15, 0.2) is 0 Å². The average Bonchev–Trinajstić information content (AvgIpc) is 2.86. The third-order valence-electron chi connectivity index (χ3n) is 3.64. The highest BCUT2D eigenvalue weighted by atomic mass is 15.0. The number of rotatable bonds is 7. The summed E-state index contributed by atoms with van der Waals surface area (Å²) >= 11 is 0. The van der Waals surface area contributed by atoms with E-state index in [9.17, 15) is 0 Å². The average molecular weight is 255 g/mol. The fourth-order valence-electron chi connectivity index (χ4n) is 2.62. The normalized spacial score (nSPS) is 12.2. The van der Waals surface area contributed by atoms with Gasteiger partial charge in [0.2, 0.25) is 0 Å². The zero-order valence-electron chi connectivity index (χ0n) is 12.2. The summed E-state index contributed by atoms with van der Waals surface area (Å²) in [6.45, 7) is 4.49. The van der Waals surface area contributed by atoms with E-state index in [1.165, 1.54) is 48.7 Å². The third kappa shape index (κ3) is 3.50. The van der Waals surface area contributed by atoms with Gasteiger partial charge in [-0.25, -0.2) is 0 Å². The zero-order valence-corrected chi connectivity index (χ0v) is 12.2. The van der Waals surface area contributed by atoms with Crippen LogP contribution in [0.4, 0.5) is 0 Å². The number of nitrogens with zero attached hydrogens (tertiary/aromatic N) is 1. The molecular formula is C18H25N. The first-order chi connectivity index (χ1) is 9.36. The molecule has 0 N–H and O–H groups in total. The van der Waals surface area contributed by atoms with Gasteiger partial charge in [-0.3, -0.25) is 0 Å². The molecule has 1 nitrogen and oxygen atoms in total. The van der Waals surface area contributed by atoms with Gasteiger partial charge in [-0.1, -0.05) is 57.4 Å². The lowest BCUT2D eigenvalue weighted by Crippen LogP contribution is -1.96. The van der Waals surface area contributed by atoms with Crippen LogP contribution in [0.2, 0.25) is 0 Å². The zero-order chi connectivity index (χ0) is 13.5. The number of allylic oxidation sites excluding steroid dienone is 2. The van der Waals surface area contributed by atoms with Crippen LogP contribution in [0.1, 0.15) is 52.4 Å². The topological polar surface area (TPSA) is 4.93 Å². The molecule has 102 valence electrons. The van der Waals surface area contributed by atoms with Crippen LogP contribution in [0.15, 0.2) is 42.6 Å². The number of benzene rings is 1. The Bertz CT molecular complexity index is 533. The maximum Gasteiger partial charge on any atom is 0.0525 e. The smallest absolute Gasteiger partial charge is 0.0525 e. The second kappa shape index (κ2) is 7.18. The van der Waals surface area contributed by atoms with E-state index in [-0.39, 0.29) is 0 Å². The molecule has 19 heavy (non-hydrogen) atoms. The minimum Gasteiger partial charge on any atom is -0.321 e. The van der Waals surface area contributed by atoms with E-state index in [0.717, 1.165) is 6.42 Å². The second-order valence-corrected chi connectivity index (χ2v) is 5.16. The fourth-order valence-corrected chi connectivity index (χ4v) is 2.62. The summed E-state index contributed by atoms with van der Waals surface area (Å²) < 4.78 is 2.37. The molecule has 0 bridgehead atoms. The minimum atomic E-state index is 1.11. The van der Waals surface area contributed by atoms with Crippen molar-refractivity contribution in [3.8, 4) is 0 Å². The molecule has 0 saturated carbocycles. The SMILES string of the molecule is CC/C=C(/CCCCCC)n1ccc2ccccc21. The molecular weight excluding hydrogens is 230 g/mol. The van der Waals surface area contributed by atoms with Gasteiger partial charge in [-0.15, -0.1) is 0 Å². The molecule has 0 radical (unpaired) electrons. The summed E-state index contributed by atoms with van der Waals surface area (Å²) in [6, 6.07) is 10.8. The van der Waals surface area contributed by atoms with Gasteiger partial charge in [0.25, 0.3) is 0 Å². The van der Waals surface area contributed by atoms with Gasteiger partial charge in [-0.05, 0) is 36.8 Å². The summed E-state index contributed by atoms with van der Waals surface area (Å²) in [5, 5.41) is 1.33. The van der Waals surface area contributed by atoms with Crippen molar-refractivity contribution < 1.29 is 0 Å². The summed E-state index contributed by atoms with van der Waals surface area (Å²) in [5.41, 5.74) is 2.79. The van der Waals surface area contributed by atoms with Crippen molar-refractivity contribution in [2.45, 2.75) is 52.4 Å². The molecule has 0 saturated heterocycles. The van der Waals surface area contributed by atoms with Crippen LogP contribution in [0.3, 0.4) is 0 Å². The molecule has 1 heterocycles. The first kappa shape index (κ1) is 13.9. The largest absolute Gasteiger partial charge is 0.321 e. The van der Waals surface area contributed by atoms with Crippen molar-refractivity contribution in [2.24, 2.45) is 0 Å². The van der Waals surface area contributed by atoms with E-state index >= 15 is 0 Å². The van der Waals surface area contributed by atoms with Gasteiger partial charge in [0, 0.05) is 11.9 Å². The van der Waals surface area contributed by atoms with Gasteiger partial charge >= 0.3 is 0 Å². The van der Waals surface area contributed by atoms with Crippen molar-refractivity contribution in [1.29, 1.82) is 0 Å². The molecule has 0 unspecified atom stereocenters. The van der Waals surface area contributed by atoms with Gasteiger partial charge in [-0.2, -0.15) is 0 Å². The summed E-state index contributed by atoms with van der Waals surface area (Å²) in [7, 11) is 0. The van der Waals surface area contributed by atoms with E-state index in [4.69, 9.17) is 0 Å². The van der Waals surface area contributed by atoms with Crippen LogP contribution in [0.5, 0.6) is 0 Å². The predicted octanol–water partition coefficient (Wildman–Crippen LogP) is 5.86. The van der Waals surface area contributed by atoms with Crippen molar-refractivity contribution in [3.05, 3.63) is 42.6 Å². The summed E-state index contributed by atoms with van der Waals surface area (Å²) in [6.07, 6.45) is 12.2. The molecule has 2 aromatic rings. The first-order valence-electron chi connectivity index (χ1n) is 7.62. The second-order valence-electron chi connectivity index (χ2n) is 5.16. The van der Waals surface area contributed by atoms with Crippen LogP contribution in [-0.4, -0.2) is 4.57 Å². The number of aromatic nitrogens is 1. The number of fused-ring (bicyclic) bond motifs is 1. The summed E-state index contributed by atoms with van der Waals surface area (Å²) in [4.78, 5) is 0. The molecule has 2 rings (SSSR count). The first-order valence-corrected chi connectivity index (χ1v) is 7.62. The monoisotopic (exact) mass is 255 g/mol. The van der Waals surface area contributed by atoms with Crippen molar-refractivity contribution in [3.63, 3.8) is 0 Å². The molecule has 0 spiro atoms. The lowest BCUT2D eigenvalue weighted by atomic mass is 10.1. The molecule has 0 aliphatic carbocycles. The molecule has 0 atom stereocenters. The van der Waals surface area contributed by atoms with E-state index < -0.39 is 0 Å². The van der Waals surface area contributed by atoms with Crippen molar-refractivity contribution >= 4 is 16.6 Å². The van der Waals surface area contributed by atoms with Crippen molar-refractivity contribution in [2.75, 3.05) is 0 Å². The lowest BCUT2D eigenvalue weighted by molar-refractivity contribution is 0.671. The van der Waals surface area contributed by atoms with Crippen LogP contribution < -0.4 is 0 Å². The van der Waals surface area contributed by atoms with E-state index in [1.54, 1.807) is 0 Å². The predicted molar refractivity (Wildman–Crippen MR) is 85.3 cm³/mol. The number of para-hydroxylation sites is 1. The number of unbranched alkanes of at least 4 members (excludes halogenated alkanes) is 3. The molecule has 1 aromatic carbocycles. The van der Waals surface area contributed by atoms with Crippen LogP contribution in [-0.2, 0) is 0 Å². The Balaban J connectivity index is 2.17. The number of hydrogen-bond acceptors (Lipinski definition) is 0. The summed E-state index contributed by atoms with van der Waals surface area (Å²) in [5.74, 6) is 0. The molecule has 0 aliphatic heterocycles. The Hall–Kier alpha value is -1.50.